The van der Waals surface area contributed by atoms with E-state index in [9.17, 15) is 8.78 Å². The molecule has 2 aromatic carbocycles. The number of H-pyrrole nitrogens is 1. The lowest BCUT2D eigenvalue weighted by atomic mass is 10.2. The number of halogens is 2. The number of imidazole rings is 1. The van der Waals surface area contributed by atoms with Crippen LogP contribution in [0.5, 0.6) is 0 Å². The zero-order valence-electron chi connectivity index (χ0n) is 11.0. The molecular weight excluding hydrogens is 278 g/mol. The SMILES string of the molecule is Cc1ccc2c(c1)[nH]c(=S)n2-c1cc(F)c(C)cc1F. The molecule has 3 rings (SSSR count). The van der Waals surface area contributed by atoms with E-state index >= 15 is 0 Å². The zero-order chi connectivity index (χ0) is 14.4. The zero-order valence-corrected chi connectivity index (χ0v) is 11.8. The van der Waals surface area contributed by atoms with Crippen molar-refractivity contribution < 1.29 is 8.78 Å². The van der Waals surface area contributed by atoms with Crippen LogP contribution in [0.4, 0.5) is 8.78 Å². The normalized spacial score (nSPS) is 11.2. The molecule has 1 aromatic heterocycles. The summed E-state index contributed by atoms with van der Waals surface area (Å²) in [6.07, 6.45) is 0. The van der Waals surface area contributed by atoms with Gasteiger partial charge in [0.05, 0.1) is 16.7 Å². The van der Waals surface area contributed by atoms with Crippen molar-refractivity contribution in [2.45, 2.75) is 13.8 Å². The fraction of sp³-hybridized carbons (Fsp3) is 0.133. The van der Waals surface area contributed by atoms with Gasteiger partial charge in [0, 0.05) is 6.07 Å². The van der Waals surface area contributed by atoms with Gasteiger partial charge in [-0.1, -0.05) is 6.07 Å². The number of nitrogens with one attached hydrogen (secondary N) is 1. The quantitative estimate of drug-likeness (QED) is 0.650. The third-order valence-corrected chi connectivity index (χ3v) is 3.59. The Kier molecular flexibility index (Phi) is 2.94. The Morgan fingerprint density at radius 2 is 1.80 bits per heavy atom. The number of rotatable bonds is 1. The summed E-state index contributed by atoms with van der Waals surface area (Å²) in [4.78, 5) is 3.02. The fourth-order valence-electron chi connectivity index (χ4n) is 2.27. The van der Waals surface area contributed by atoms with Crippen LogP contribution in [0.1, 0.15) is 11.1 Å². The average Bonchev–Trinajstić information content (AvgIpc) is 2.69. The largest absolute Gasteiger partial charge is 0.330 e. The van der Waals surface area contributed by atoms with E-state index in [0.29, 0.717) is 4.77 Å². The second-order valence-electron chi connectivity index (χ2n) is 4.84. The molecule has 0 unspecified atom stereocenters. The van der Waals surface area contributed by atoms with E-state index in [1.165, 1.54) is 23.6 Å². The van der Waals surface area contributed by atoms with E-state index in [2.05, 4.69) is 4.98 Å². The van der Waals surface area contributed by atoms with Gasteiger partial charge < -0.3 is 4.98 Å². The number of hydrogen-bond acceptors (Lipinski definition) is 1. The van der Waals surface area contributed by atoms with Gasteiger partial charge in [-0.05, 0) is 55.4 Å². The predicted molar refractivity (Wildman–Crippen MR) is 77.8 cm³/mol. The minimum atomic E-state index is -0.499. The molecule has 0 saturated heterocycles. The van der Waals surface area contributed by atoms with E-state index in [4.69, 9.17) is 12.2 Å². The molecule has 0 aliphatic rings. The Morgan fingerprint density at radius 3 is 2.55 bits per heavy atom. The molecular formula is C15H12F2N2S. The van der Waals surface area contributed by atoms with Crippen molar-refractivity contribution in [1.29, 1.82) is 0 Å². The van der Waals surface area contributed by atoms with Crippen LogP contribution in [0, 0.1) is 30.3 Å². The molecule has 1 N–H and O–H groups in total. The summed E-state index contributed by atoms with van der Waals surface area (Å²) in [6, 6.07) is 8.02. The highest BCUT2D eigenvalue weighted by Gasteiger charge is 2.13. The Morgan fingerprint density at radius 1 is 1.05 bits per heavy atom. The molecule has 0 aliphatic carbocycles. The Labute approximate surface area is 119 Å². The van der Waals surface area contributed by atoms with Crippen LogP contribution >= 0.6 is 12.2 Å². The second kappa shape index (κ2) is 4.52. The maximum Gasteiger partial charge on any atom is 0.182 e. The fourth-order valence-corrected chi connectivity index (χ4v) is 2.58. The summed E-state index contributed by atoms with van der Waals surface area (Å²) in [5.74, 6) is -0.953. The molecule has 0 amide bonds. The van der Waals surface area contributed by atoms with Crippen molar-refractivity contribution >= 4 is 23.3 Å². The maximum atomic E-state index is 14.1. The summed E-state index contributed by atoms with van der Waals surface area (Å²) < 4.78 is 29.7. The Hall–Kier alpha value is -2.01. The molecule has 0 aliphatic heterocycles. The number of benzene rings is 2. The minimum absolute atomic E-state index is 0.119. The lowest BCUT2D eigenvalue weighted by Gasteiger charge is -2.08. The van der Waals surface area contributed by atoms with Crippen LogP contribution < -0.4 is 0 Å². The molecule has 0 fully saturated rings. The second-order valence-corrected chi connectivity index (χ2v) is 5.23. The van der Waals surface area contributed by atoms with E-state index in [0.717, 1.165) is 16.6 Å². The van der Waals surface area contributed by atoms with E-state index in [1.807, 2.05) is 25.1 Å². The summed E-state index contributed by atoms with van der Waals surface area (Å²) in [7, 11) is 0. The average molecular weight is 290 g/mol. The first kappa shape index (κ1) is 13.0. The van der Waals surface area contributed by atoms with Gasteiger partial charge in [-0.3, -0.25) is 4.57 Å². The van der Waals surface area contributed by atoms with Gasteiger partial charge in [0.1, 0.15) is 11.6 Å². The lowest BCUT2D eigenvalue weighted by Crippen LogP contribution is -2.00. The highest BCUT2D eigenvalue weighted by molar-refractivity contribution is 7.71. The van der Waals surface area contributed by atoms with Gasteiger partial charge in [0.2, 0.25) is 0 Å². The third-order valence-electron chi connectivity index (χ3n) is 3.31. The first-order chi connectivity index (χ1) is 9.47. The van der Waals surface area contributed by atoms with E-state index in [-0.39, 0.29) is 11.3 Å². The van der Waals surface area contributed by atoms with Crippen LogP contribution in [0.3, 0.4) is 0 Å². The monoisotopic (exact) mass is 290 g/mol. The smallest absolute Gasteiger partial charge is 0.182 e. The van der Waals surface area contributed by atoms with Crippen molar-refractivity contribution in [2.24, 2.45) is 0 Å². The van der Waals surface area contributed by atoms with Gasteiger partial charge in [0.15, 0.2) is 4.77 Å². The number of aromatic nitrogens is 2. The van der Waals surface area contributed by atoms with Gasteiger partial charge in [-0.25, -0.2) is 8.78 Å². The number of aryl methyl sites for hydroxylation is 2. The minimum Gasteiger partial charge on any atom is -0.330 e. The van der Waals surface area contributed by atoms with E-state index < -0.39 is 11.6 Å². The first-order valence-electron chi connectivity index (χ1n) is 6.15. The molecule has 5 heteroatoms. The van der Waals surface area contributed by atoms with Crippen molar-refractivity contribution in [1.82, 2.24) is 9.55 Å². The van der Waals surface area contributed by atoms with E-state index in [1.54, 1.807) is 0 Å². The topological polar surface area (TPSA) is 20.7 Å². The van der Waals surface area contributed by atoms with Crippen LogP contribution in [-0.2, 0) is 0 Å². The maximum absolute atomic E-state index is 14.1. The van der Waals surface area contributed by atoms with Crippen LogP contribution in [0.25, 0.3) is 16.7 Å². The highest BCUT2D eigenvalue weighted by atomic mass is 32.1. The van der Waals surface area contributed by atoms with Crippen molar-refractivity contribution in [2.75, 3.05) is 0 Å². The molecule has 0 spiro atoms. The third kappa shape index (κ3) is 1.94. The predicted octanol–water partition coefficient (Wildman–Crippen LogP) is 4.58. The van der Waals surface area contributed by atoms with Crippen molar-refractivity contribution in [3.05, 3.63) is 57.9 Å². The van der Waals surface area contributed by atoms with Gasteiger partial charge >= 0.3 is 0 Å². The lowest BCUT2D eigenvalue weighted by molar-refractivity contribution is 0.586. The van der Waals surface area contributed by atoms with Crippen molar-refractivity contribution in [3.63, 3.8) is 0 Å². The van der Waals surface area contributed by atoms with Gasteiger partial charge in [-0.15, -0.1) is 0 Å². The standard InChI is InChI=1S/C15H12F2N2S/c1-8-3-4-13-12(5-8)18-15(20)19(13)14-7-10(16)9(2)6-11(14)17/h3-7H,1-2H3,(H,18,20). The van der Waals surface area contributed by atoms with Gasteiger partial charge in [-0.2, -0.15) is 0 Å². The molecule has 2 nitrogen and oxygen atoms in total. The first-order valence-corrected chi connectivity index (χ1v) is 6.55. The molecule has 0 saturated carbocycles. The number of fused-ring (bicyclic) bond motifs is 1. The molecule has 0 radical (unpaired) electrons. The number of hydrogen-bond donors (Lipinski definition) is 1. The van der Waals surface area contributed by atoms with Crippen molar-refractivity contribution in [3.8, 4) is 5.69 Å². The summed E-state index contributed by atoms with van der Waals surface area (Å²) >= 11 is 5.23. The number of nitrogens with zero attached hydrogens (tertiary/aromatic N) is 1. The summed E-state index contributed by atoms with van der Waals surface area (Å²) in [5, 5.41) is 0. The summed E-state index contributed by atoms with van der Waals surface area (Å²) in [5.41, 5.74) is 2.98. The molecule has 1 heterocycles. The Balaban J connectivity index is 2.38. The summed E-state index contributed by atoms with van der Waals surface area (Å²) in [6.45, 7) is 3.49. The molecule has 3 aromatic rings. The highest BCUT2D eigenvalue weighted by Crippen LogP contribution is 2.24. The van der Waals surface area contributed by atoms with Crippen LogP contribution in [-0.4, -0.2) is 9.55 Å². The molecule has 102 valence electrons. The van der Waals surface area contributed by atoms with Gasteiger partial charge in [0.25, 0.3) is 0 Å². The molecule has 0 atom stereocenters. The number of aromatic amines is 1. The van der Waals surface area contributed by atoms with Crippen LogP contribution in [0.2, 0.25) is 0 Å². The Bertz CT molecular complexity index is 877. The molecule has 0 bridgehead atoms. The van der Waals surface area contributed by atoms with Crippen LogP contribution in [0.15, 0.2) is 30.3 Å². The molecule has 20 heavy (non-hydrogen) atoms.